The average Bonchev–Trinajstić information content (AvgIpc) is 3.23. The largest absolute Gasteiger partial charge is 0.320 e. The highest BCUT2D eigenvalue weighted by Crippen LogP contribution is 2.36. The third-order valence-electron chi connectivity index (χ3n) is 6.49. The Balaban J connectivity index is 1.34. The summed E-state index contributed by atoms with van der Waals surface area (Å²) in [5, 5.41) is 6.20. The first-order chi connectivity index (χ1) is 17.5. The van der Waals surface area contributed by atoms with Crippen molar-refractivity contribution in [2.75, 3.05) is 45.1 Å². The van der Waals surface area contributed by atoms with Crippen molar-refractivity contribution in [1.29, 1.82) is 0 Å². The van der Waals surface area contributed by atoms with Gasteiger partial charge in [-0.05, 0) is 43.2 Å². The Morgan fingerprint density at radius 2 is 1.81 bits per heavy atom. The molecule has 36 heavy (non-hydrogen) atoms. The Morgan fingerprint density at radius 3 is 2.61 bits per heavy atom. The number of nitrogens with one attached hydrogen (secondary N) is 1. The summed E-state index contributed by atoms with van der Waals surface area (Å²) < 4.78 is 0. The number of likely N-dealkylation sites (N-methyl/N-ethyl adjacent to an activating group) is 1. The van der Waals surface area contributed by atoms with Crippen LogP contribution in [-0.4, -0.2) is 70.3 Å². The summed E-state index contributed by atoms with van der Waals surface area (Å²) in [7, 11) is 2.17. The number of amides is 1. The molecule has 1 amide bonds. The quantitative estimate of drug-likeness (QED) is 0.521. The zero-order valence-corrected chi connectivity index (χ0v) is 21.5. The Labute approximate surface area is 216 Å². The van der Waals surface area contributed by atoms with Crippen molar-refractivity contribution in [3.05, 3.63) is 94.9 Å². The molecule has 0 bridgehead atoms. The second-order valence-corrected chi connectivity index (χ2v) is 10.1. The van der Waals surface area contributed by atoms with E-state index in [0.29, 0.717) is 5.52 Å². The van der Waals surface area contributed by atoms with Gasteiger partial charge in [-0.2, -0.15) is 0 Å². The minimum Gasteiger partial charge on any atom is -0.320 e. The number of rotatable bonds is 6. The maximum Gasteiger partial charge on any atom is 0.275 e. The summed E-state index contributed by atoms with van der Waals surface area (Å²) in [4.78, 5) is 28.9. The summed E-state index contributed by atoms with van der Waals surface area (Å²) in [6, 6.07) is 15.4. The Kier molecular flexibility index (Phi) is 7.18. The third kappa shape index (κ3) is 5.36. The molecule has 0 aliphatic carbocycles. The fourth-order valence-corrected chi connectivity index (χ4v) is 5.11. The van der Waals surface area contributed by atoms with E-state index < -0.39 is 0 Å². The van der Waals surface area contributed by atoms with Crippen LogP contribution in [0.2, 0.25) is 0 Å². The van der Waals surface area contributed by atoms with Gasteiger partial charge in [-0.15, -0.1) is 0 Å². The summed E-state index contributed by atoms with van der Waals surface area (Å²) >= 11 is 1.66. The van der Waals surface area contributed by atoms with Crippen molar-refractivity contribution in [1.82, 2.24) is 24.7 Å². The number of para-hydroxylation sites is 3. The minimum absolute atomic E-state index is 0.284. The fourth-order valence-electron chi connectivity index (χ4n) is 4.37. The van der Waals surface area contributed by atoms with Crippen molar-refractivity contribution in [2.45, 2.75) is 6.92 Å². The van der Waals surface area contributed by atoms with Crippen molar-refractivity contribution in [2.24, 2.45) is 0 Å². The lowest BCUT2D eigenvalue weighted by molar-refractivity contribution is 0.102. The number of hydrogen-bond acceptors (Lipinski definition) is 7. The predicted octanol–water partition coefficient (Wildman–Crippen LogP) is 4.85. The van der Waals surface area contributed by atoms with Gasteiger partial charge in [0.05, 0.1) is 22.3 Å². The molecule has 1 fully saturated rings. The van der Waals surface area contributed by atoms with E-state index in [1.165, 1.54) is 11.9 Å². The Hall–Kier alpha value is -3.46. The van der Waals surface area contributed by atoms with Crippen LogP contribution in [0.5, 0.6) is 0 Å². The van der Waals surface area contributed by atoms with E-state index in [4.69, 9.17) is 0 Å². The topological polar surface area (TPSA) is 64.6 Å². The van der Waals surface area contributed by atoms with Gasteiger partial charge in [0.15, 0.2) is 0 Å². The zero-order valence-electron chi connectivity index (χ0n) is 20.6. The molecule has 0 atom stereocenters. The number of allylic oxidation sites excluding steroid dienone is 1. The molecule has 0 unspecified atom stereocenters. The molecule has 8 heteroatoms. The molecule has 1 saturated heterocycles. The van der Waals surface area contributed by atoms with E-state index in [2.05, 4.69) is 62.1 Å². The molecule has 184 valence electrons. The van der Waals surface area contributed by atoms with Crippen LogP contribution in [0.3, 0.4) is 0 Å². The Bertz CT molecular complexity index is 1360. The molecule has 2 aliphatic rings. The lowest BCUT2D eigenvalue weighted by atomic mass is 10.1. The van der Waals surface area contributed by atoms with Crippen LogP contribution >= 0.6 is 11.8 Å². The first-order valence-corrected chi connectivity index (χ1v) is 12.9. The van der Waals surface area contributed by atoms with Crippen LogP contribution in [0.25, 0.3) is 16.6 Å². The van der Waals surface area contributed by atoms with Crippen molar-refractivity contribution < 1.29 is 4.79 Å². The number of fused-ring (bicyclic) bond motifs is 1. The van der Waals surface area contributed by atoms with Crippen LogP contribution < -0.4 is 5.32 Å². The van der Waals surface area contributed by atoms with E-state index in [1.807, 2.05) is 48.5 Å². The molecule has 0 saturated carbocycles. The SMILES string of the molecule is C=C1SC=C(CN2CCN(C)CC2)N1/C=C(\C)c1ccccc1NC(=O)c1cnc2ccccc2n1. The van der Waals surface area contributed by atoms with Gasteiger partial charge in [0.1, 0.15) is 5.69 Å². The lowest BCUT2D eigenvalue weighted by Gasteiger charge is -2.33. The maximum atomic E-state index is 13.0. The summed E-state index contributed by atoms with van der Waals surface area (Å²) in [6.45, 7) is 11.5. The number of anilines is 1. The van der Waals surface area contributed by atoms with Crippen LogP contribution in [0, 0.1) is 0 Å². The number of thioether (sulfide) groups is 1. The molecule has 7 nitrogen and oxygen atoms in total. The van der Waals surface area contributed by atoms with Crippen LogP contribution in [0.1, 0.15) is 23.0 Å². The molecule has 1 aromatic heterocycles. The highest BCUT2D eigenvalue weighted by atomic mass is 32.2. The number of carbonyl (C=O) groups is 1. The minimum atomic E-state index is -0.287. The highest BCUT2D eigenvalue weighted by Gasteiger charge is 2.23. The van der Waals surface area contributed by atoms with E-state index in [-0.39, 0.29) is 11.6 Å². The lowest BCUT2D eigenvalue weighted by Crippen LogP contribution is -2.45. The number of hydrogen-bond donors (Lipinski definition) is 1. The first kappa shape index (κ1) is 24.2. The molecular formula is C28H30N6OS. The van der Waals surface area contributed by atoms with Gasteiger partial charge in [-0.1, -0.05) is 48.7 Å². The molecule has 1 N–H and O–H groups in total. The monoisotopic (exact) mass is 498 g/mol. The number of benzene rings is 2. The molecular weight excluding hydrogens is 468 g/mol. The Morgan fingerprint density at radius 1 is 1.08 bits per heavy atom. The smallest absolute Gasteiger partial charge is 0.275 e. The standard InChI is InChI=1S/C28H30N6OS/c1-20(17-34-21(2)36-19-22(34)18-33-14-12-32(3)13-15-33)23-8-4-5-9-24(23)31-28(35)27-16-29-25-10-6-7-11-26(25)30-27/h4-11,16-17,19H,2,12-15,18H2,1,3H3,(H,31,35)/b20-17+. The second kappa shape index (κ2) is 10.7. The molecule has 0 radical (unpaired) electrons. The normalized spacial score (nSPS) is 17.5. The van der Waals surface area contributed by atoms with Gasteiger partial charge in [0, 0.05) is 55.9 Å². The van der Waals surface area contributed by atoms with Gasteiger partial charge in [0.2, 0.25) is 0 Å². The summed E-state index contributed by atoms with van der Waals surface area (Å²) in [5.74, 6) is -0.287. The summed E-state index contributed by atoms with van der Waals surface area (Å²) in [5.41, 5.74) is 5.67. The van der Waals surface area contributed by atoms with Gasteiger partial charge in [-0.3, -0.25) is 14.7 Å². The first-order valence-electron chi connectivity index (χ1n) is 12.0. The fraction of sp³-hybridized carbons (Fsp3) is 0.250. The molecule has 2 aliphatic heterocycles. The van der Waals surface area contributed by atoms with Crippen LogP contribution in [0.4, 0.5) is 5.69 Å². The van der Waals surface area contributed by atoms with E-state index in [9.17, 15) is 4.79 Å². The predicted molar refractivity (Wildman–Crippen MR) is 148 cm³/mol. The maximum absolute atomic E-state index is 13.0. The molecule has 3 heterocycles. The van der Waals surface area contributed by atoms with Crippen LogP contribution in [-0.2, 0) is 0 Å². The number of nitrogens with zero attached hydrogens (tertiary/aromatic N) is 5. The van der Waals surface area contributed by atoms with Gasteiger partial charge >= 0.3 is 0 Å². The van der Waals surface area contributed by atoms with Crippen molar-refractivity contribution in [3.63, 3.8) is 0 Å². The van der Waals surface area contributed by atoms with E-state index >= 15 is 0 Å². The third-order valence-corrected chi connectivity index (χ3v) is 7.35. The summed E-state index contributed by atoms with van der Waals surface area (Å²) in [6.07, 6.45) is 3.63. The zero-order chi connectivity index (χ0) is 25.1. The molecule has 5 rings (SSSR count). The van der Waals surface area contributed by atoms with E-state index in [0.717, 1.165) is 60.1 Å². The second-order valence-electron chi connectivity index (χ2n) is 9.13. The number of aromatic nitrogens is 2. The number of piperazine rings is 1. The average molecular weight is 499 g/mol. The highest BCUT2D eigenvalue weighted by molar-refractivity contribution is 8.06. The van der Waals surface area contributed by atoms with Gasteiger partial charge < -0.3 is 15.1 Å². The molecule has 0 spiro atoms. The number of carbonyl (C=O) groups excluding carboxylic acids is 1. The van der Waals surface area contributed by atoms with Crippen molar-refractivity contribution >= 4 is 40.0 Å². The van der Waals surface area contributed by atoms with Crippen molar-refractivity contribution in [3.8, 4) is 0 Å². The van der Waals surface area contributed by atoms with Crippen LogP contribution in [0.15, 0.2) is 83.6 Å². The van der Waals surface area contributed by atoms with E-state index in [1.54, 1.807) is 11.8 Å². The van der Waals surface area contributed by atoms with Gasteiger partial charge in [0.25, 0.3) is 5.91 Å². The molecule has 2 aromatic carbocycles. The van der Waals surface area contributed by atoms with Gasteiger partial charge in [-0.25, -0.2) is 4.98 Å². The molecule has 3 aromatic rings.